The summed E-state index contributed by atoms with van der Waals surface area (Å²) in [5.74, 6) is 0.385. The Bertz CT molecular complexity index is 407. The summed E-state index contributed by atoms with van der Waals surface area (Å²) in [5.41, 5.74) is 3.08. The highest BCUT2D eigenvalue weighted by atomic mass is 16.4. The van der Waals surface area contributed by atoms with Crippen LogP contribution in [-0.4, -0.2) is 11.1 Å². The first-order valence-corrected chi connectivity index (χ1v) is 6.51. The first-order chi connectivity index (χ1) is 7.84. The quantitative estimate of drug-likeness (QED) is 0.583. The van der Waals surface area contributed by atoms with Crippen molar-refractivity contribution in [3.63, 3.8) is 0 Å². The molecule has 0 heterocycles. The van der Waals surface area contributed by atoms with Crippen LogP contribution in [0.5, 0.6) is 0 Å². The van der Waals surface area contributed by atoms with Crippen molar-refractivity contribution in [2.45, 2.75) is 47.0 Å². The molecule has 0 aromatic rings. The molecule has 2 atom stereocenters. The van der Waals surface area contributed by atoms with E-state index in [2.05, 4.69) is 13.0 Å². The Balaban J connectivity index is 2.34. The molecule has 0 bridgehead atoms. The molecule has 2 aliphatic carbocycles. The first-order valence-electron chi connectivity index (χ1n) is 6.51. The molecule has 1 N–H and O–H groups in total. The van der Waals surface area contributed by atoms with Crippen LogP contribution in [0.4, 0.5) is 0 Å². The van der Waals surface area contributed by atoms with Gasteiger partial charge in [-0.3, -0.25) is 0 Å². The molecule has 0 saturated heterocycles. The van der Waals surface area contributed by atoms with Gasteiger partial charge in [0.2, 0.25) is 0 Å². The summed E-state index contributed by atoms with van der Waals surface area (Å²) < 4.78 is 0. The van der Waals surface area contributed by atoms with E-state index in [1.807, 2.05) is 20.8 Å². The number of hydrogen-bond donors (Lipinski definition) is 1. The van der Waals surface area contributed by atoms with Crippen LogP contribution in [0.25, 0.3) is 0 Å². The van der Waals surface area contributed by atoms with Crippen molar-refractivity contribution < 1.29 is 9.90 Å². The average molecular weight is 234 g/mol. The monoisotopic (exact) mass is 234 g/mol. The average Bonchev–Trinajstić information content (AvgIpc) is 2.49. The van der Waals surface area contributed by atoms with Gasteiger partial charge in [-0.05, 0) is 30.6 Å². The van der Waals surface area contributed by atoms with Gasteiger partial charge in [0.25, 0.3) is 0 Å². The van der Waals surface area contributed by atoms with Crippen molar-refractivity contribution in [2.75, 3.05) is 0 Å². The number of aliphatic carboxylic acids is 1. The predicted molar refractivity (Wildman–Crippen MR) is 68.7 cm³/mol. The molecule has 0 aliphatic heterocycles. The van der Waals surface area contributed by atoms with Crippen LogP contribution in [0, 0.1) is 17.3 Å². The molecule has 2 aliphatic rings. The summed E-state index contributed by atoms with van der Waals surface area (Å²) in [4.78, 5) is 11.4. The molecule has 0 aromatic carbocycles. The van der Waals surface area contributed by atoms with Gasteiger partial charge in [-0.15, -0.1) is 0 Å². The van der Waals surface area contributed by atoms with E-state index in [-0.39, 0.29) is 5.41 Å². The van der Waals surface area contributed by atoms with Gasteiger partial charge in [0.05, 0.1) is 0 Å². The standard InChI is InChI=1S/C15H22O2/c1-5-9-6-10-8-12(11(10)7-9)13(14(16)17)15(2,3)4/h7,10-11H,5-6,8H2,1-4H3,(H,16,17). The number of fused-ring (bicyclic) bond motifs is 1. The summed E-state index contributed by atoms with van der Waals surface area (Å²) in [7, 11) is 0. The summed E-state index contributed by atoms with van der Waals surface area (Å²) in [5, 5.41) is 9.41. The minimum atomic E-state index is -0.732. The molecule has 1 saturated carbocycles. The normalized spacial score (nSPS) is 30.5. The van der Waals surface area contributed by atoms with E-state index in [0.29, 0.717) is 17.4 Å². The Morgan fingerprint density at radius 3 is 2.53 bits per heavy atom. The second kappa shape index (κ2) is 4.01. The number of allylic oxidation sites excluding steroid dienone is 3. The zero-order valence-electron chi connectivity index (χ0n) is 11.2. The Labute approximate surface area is 103 Å². The van der Waals surface area contributed by atoms with Gasteiger partial charge in [-0.25, -0.2) is 4.79 Å². The molecule has 94 valence electrons. The molecular formula is C15H22O2. The largest absolute Gasteiger partial charge is 0.478 e. The van der Waals surface area contributed by atoms with Crippen molar-refractivity contribution in [3.8, 4) is 0 Å². The van der Waals surface area contributed by atoms with Crippen molar-refractivity contribution in [1.29, 1.82) is 0 Å². The first kappa shape index (κ1) is 12.4. The van der Waals surface area contributed by atoms with Gasteiger partial charge in [0, 0.05) is 11.5 Å². The fraction of sp³-hybridized carbons (Fsp3) is 0.667. The van der Waals surface area contributed by atoms with Gasteiger partial charge >= 0.3 is 5.97 Å². The number of carboxylic acids is 1. The number of rotatable bonds is 2. The summed E-state index contributed by atoms with van der Waals surface area (Å²) in [6, 6.07) is 0. The SMILES string of the molecule is CCC1=CC2C(=C(C(=O)O)C(C)(C)C)CC2C1. The Morgan fingerprint density at radius 1 is 1.41 bits per heavy atom. The second-order valence-electron chi connectivity index (χ2n) is 6.33. The van der Waals surface area contributed by atoms with E-state index in [1.54, 1.807) is 0 Å². The molecule has 2 nitrogen and oxygen atoms in total. The fourth-order valence-electron chi connectivity index (χ4n) is 3.23. The van der Waals surface area contributed by atoms with Crippen molar-refractivity contribution in [3.05, 3.63) is 22.8 Å². The summed E-state index contributed by atoms with van der Waals surface area (Å²) >= 11 is 0. The van der Waals surface area contributed by atoms with Crippen molar-refractivity contribution in [1.82, 2.24) is 0 Å². The molecule has 0 radical (unpaired) electrons. The third-order valence-electron chi connectivity index (χ3n) is 4.07. The van der Waals surface area contributed by atoms with Crippen molar-refractivity contribution in [2.24, 2.45) is 17.3 Å². The molecule has 0 spiro atoms. The zero-order chi connectivity index (χ0) is 12.8. The molecule has 2 heteroatoms. The molecule has 0 amide bonds. The van der Waals surface area contributed by atoms with E-state index in [1.165, 1.54) is 17.6 Å². The van der Waals surface area contributed by atoms with Crippen LogP contribution < -0.4 is 0 Å². The topological polar surface area (TPSA) is 37.3 Å². The van der Waals surface area contributed by atoms with Crippen molar-refractivity contribution >= 4 is 5.97 Å². The number of hydrogen-bond acceptors (Lipinski definition) is 1. The molecule has 2 rings (SSSR count). The van der Waals surface area contributed by atoms with Crippen LogP contribution in [0.15, 0.2) is 22.8 Å². The van der Waals surface area contributed by atoms with Gasteiger partial charge in [-0.1, -0.05) is 44.9 Å². The maximum atomic E-state index is 11.4. The third kappa shape index (κ3) is 2.05. The number of carboxylic acid groups (broad SMARTS) is 1. The Kier molecular flexibility index (Phi) is 2.92. The van der Waals surface area contributed by atoms with Crippen LogP contribution >= 0.6 is 0 Å². The molecule has 2 unspecified atom stereocenters. The smallest absolute Gasteiger partial charge is 0.332 e. The highest BCUT2D eigenvalue weighted by molar-refractivity contribution is 5.89. The molecule has 1 fully saturated rings. The van der Waals surface area contributed by atoms with E-state index in [9.17, 15) is 9.90 Å². The summed E-state index contributed by atoms with van der Waals surface area (Å²) in [6.07, 6.45) is 5.60. The van der Waals surface area contributed by atoms with Gasteiger partial charge in [0.1, 0.15) is 0 Å². The second-order valence-corrected chi connectivity index (χ2v) is 6.33. The van der Waals surface area contributed by atoms with Crippen LogP contribution in [0.2, 0.25) is 0 Å². The minimum Gasteiger partial charge on any atom is -0.478 e. The van der Waals surface area contributed by atoms with Gasteiger partial charge < -0.3 is 5.11 Å². The van der Waals surface area contributed by atoms with Gasteiger partial charge in [-0.2, -0.15) is 0 Å². The predicted octanol–water partition coefficient (Wildman–Crippen LogP) is 3.79. The lowest BCUT2D eigenvalue weighted by atomic mass is 9.65. The molecule has 17 heavy (non-hydrogen) atoms. The highest BCUT2D eigenvalue weighted by Crippen LogP contribution is 2.53. The van der Waals surface area contributed by atoms with Gasteiger partial charge in [0.15, 0.2) is 0 Å². The van der Waals surface area contributed by atoms with Crippen LogP contribution in [0.3, 0.4) is 0 Å². The lowest BCUT2D eigenvalue weighted by molar-refractivity contribution is -0.133. The van der Waals surface area contributed by atoms with Crippen LogP contribution in [0.1, 0.15) is 47.0 Å². The molecule has 0 aromatic heterocycles. The van der Waals surface area contributed by atoms with E-state index in [4.69, 9.17) is 0 Å². The van der Waals surface area contributed by atoms with E-state index in [0.717, 1.165) is 12.8 Å². The van der Waals surface area contributed by atoms with Crippen LogP contribution in [-0.2, 0) is 4.79 Å². The third-order valence-corrected chi connectivity index (χ3v) is 4.07. The Hall–Kier alpha value is -1.05. The minimum absolute atomic E-state index is 0.255. The number of carbonyl (C=O) groups is 1. The van der Waals surface area contributed by atoms with E-state index < -0.39 is 5.97 Å². The lowest BCUT2D eigenvalue weighted by Crippen LogP contribution is -2.31. The maximum absolute atomic E-state index is 11.4. The van der Waals surface area contributed by atoms with E-state index >= 15 is 0 Å². The Morgan fingerprint density at radius 2 is 2.06 bits per heavy atom. The molecular weight excluding hydrogens is 212 g/mol. The summed E-state index contributed by atoms with van der Waals surface area (Å²) in [6.45, 7) is 8.17. The maximum Gasteiger partial charge on any atom is 0.332 e. The lowest BCUT2D eigenvalue weighted by Gasteiger charge is -2.38. The zero-order valence-corrected chi connectivity index (χ0v) is 11.2. The fourth-order valence-corrected chi connectivity index (χ4v) is 3.23. The highest BCUT2D eigenvalue weighted by Gasteiger charge is 2.43.